The fourth-order valence-corrected chi connectivity index (χ4v) is 18.7. The van der Waals surface area contributed by atoms with E-state index in [-0.39, 0.29) is 113 Å². The molecule has 28 nitrogen and oxygen atoms in total. The number of aromatic nitrogens is 12. The predicted octanol–water partition coefficient (Wildman–Crippen LogP) is 20.3. The Balaban J connectivity index is 0.000000209. The number of benzene rings is 8. The average Bonchev–Trinajstić information content (AvgIpc) is 1.55. The van der Waals surface area contributed by atoms with Crippen LogP contribution in [0, 0.1) is 45.6 Å². The van der Waals surface area contributed by atoms with Crippen molar-refractivity contribution in [1.82, 2.24) is 60.0 Å². The second kappa shape index (κ2) is 57.4. The molecule has 8 aromatic carbocycles. The molecule has 0 saturated carbocycles. The number of hydrogen-bond acceptors (Lipinski definition) is 24. The van der Waals surface area contributed by atoms with Crippen LogP contribution in [-0.4, -0.2) is 202 Å². The zero-order valence-electron chi connectivity index (χ0n) is 79.7. The molecule has 40 heteroatoms. The second-order valence-corrected chi connectivity index (χ2v) is 45.3. The average molecular weight is 2790 g/mol. The summed E-state index contributed by atoms with van der Waals surface area (Å²) in [5.41, 5.74) is 10.6. The molecule has 0 saturated heterocycles. The van der Waals surface area contributed by atoms with Crippen molar-refractivity contribution in [3.63, 3.8) is 0 Å². The lowest BCUT2D eigenvalue weighted by atomic mass is 9.78. The number of aliphatic hydroxyl groups is 8. The van der Waals surface area contributed by atoms with Crippen molar-refractivity contribution < 1.29 is 78.7 Å². The standard InChI is InChI=1S/2C25H30BrClIN3O4.2C25H30ClI2N3O4/c2*1-16(11-27)14-35-23-9-6-18(10-21(23)26)25(2,3)17-4-7-20(8-5-17)34-15-19(33)12-31-22(13-32)24(28)29-30-31;2*1-16(11-26)14-35-23-9-6-18(10-21(23)27)25(2,3)17-4-7-20(8-5-17)34-15-19(33)12-31-22(13-32)24(28)29-30-31/h4*4-10,16,19,32-33H,11-15H2,1-3H3/t2*16-,19+;16-,19-;/m101./s1/i4*28-4. The molecular weight excluding hydrogens is 2670 g/mol. The quantitative estimate of drug-likeness (QED) is 0.0130. The first-order valence-electron chi connectivity index (χ1n) is 45.0. The molecule has 8 atom stereocenters. The van der Waals surface area contributed by atoms with Gasteiger partial charge in [-0.2, -0.15) is 0 Å². The summed E-state index contributed by atoms with van der Waals surface area (Å²) in [4.78, 5) is 0. The molecule has 12 rings (SSSR count). The summed E-state index contributed by atoms with van der Waals surface area (Å²) < 4.78 is 59.1. The highest BCUT2D eigenvalue weighted by atomic mass is 127. The third-order valence-corrected chi connectivity index (χ3v) is 31.5. The normalized spacial score (nSPS) is 13.5. The molecule has 2 unspecified atom stereocenters. The van der Waals surface area contributed by atoms with Crippen LogP contribution in [0.4, 0.5) is 0 Å². The molecule has 0 amide bonds. The highest BCUT2D eigenvalue weighted by Gasteiger charge is 2.31. The van der Waals surface area contributed by atoms with Crippen LogP contribution in [0.3, 0.4) is 0 Å². The smallest absolute Gasteiger partial charge is 0.149 e. The Hall–Kier alpha value is -5.10. The minimum Gasteiger partial charge on any atom is -0.492 e. The predicted molar refractivity (Wildman–Crippen MR) is 603 cm³/mol. The van der Waals surface area contributed by atoms with Gasteiger partial charge in [0.1, 0.15) is 112 Å². The van der Waals surface area contributed by atoms with Crippen LogP contribution in [-0.2, 0) is 74.3 Å². The summed E-state index contributed by atoms with van der Waals surface area (Å²) in [6.45, 7) is 28.4. The SMILES string of the molecule is CC(CCl)COc1ccc(C(C)(C)c2ccc(OCC(O)Cn3nnc([123I])c3CO)cc2)cc1I.C[C@@H](CCl)COc1ccc(C(C)(C)c2ccc(OC[C@H](O)Cn3nnc([123I])c3CO)cc2)cc1Br.C[C@H](CCl)COc1ccc(C(C)(C)c2ccc(OC[C@@H](O)Cn3nnc([123I])c3CO)cc2)cc1Br.C[C@H](CCl)COc1ccc(C(C)(C)c2ccc(OC[C@H](O)Cn3nnc([123I])c3CO)cc2)cc1I. The maximum Gasteiger partial charge on any atom is 0.149 e. The third kappa shape index (κ3) is 34.5. The van der Waals surface area contributed by atoms with E-state index >= 15 is 0 Å². The lowest BCUT2D eigenvalue weighted by Gasteiger charge is -2.27. The summed E-state index contributed by atoms with van der Waals surface area (Å²) in [6, 6.07) is 56.5. The molecule has 0 aliphatic heterocycles. The number of hydrogen-bond donors (Lipinski definition) is 8. The largest absolute Gasteiger partial charge is 0.492 e. The minimum absolute atomic E-state index is 0.0980. The van der Waals surface area contributed by atoms with E-state index in [1.54, 1.807) is 0 Å². The molecule has 760 valence electrons. The van der Waals surface area contributed by atoms with Crippen molar-refractivity contribution in [2.75, 3.05) is 76.4 Å². The van der Waals surface area contributed by atoms with Crippen molar-refractivity contribution in [2.45, 2.75) is 182 Å². The monoisotopic (exact) mass is 2790 g/mol. The molecule has 8 N–H and O–H groups in total. The maximum absolute atomic E-state index is 10.3. The Bertz CT molecular complexity index is 5140. The highest BCUT2D eigenvalue weighted by molar-refractivity contribution is 14.1. The molecule has 4 heterocycles. The summed E-state index contributed by atoms with van der Waals surface area (Å²) >= 11 is 43.4. The van der Waals surface area contributed by atoms with Crippen molar-refractivity contribution in [3.05, 3.63) is 268 Å². The number of rotatable bonds is 48. The lowest BCUT2D eigenvalue weighted by Crippen LogP contribution is -2.25. The molecule has 0 spiro atoms. The van der Waals surface area contributed by atoms with Gasteiger partial charge in [0.15, 0.2) is 0 Å². The first-order chi connectivity index (χ1) is 66.6. The maximum atomic E-state index is 10.3. The Kier molecular flexibility index (Phi) is 48.6. The van der Waals surface area contributed by atoms with Crippen molar-refractivity contribution >= 4 is 214 Å². The zero-order valence-corrected chi connectivity index (χ0v) is 98.8. The van der Waals surface area contributed by atoms with Crippen LogP contribution < -0.4 is 37.9 Å². The van der Waals surface area contributed by atoms with E-state index in [2.05, 4.69) is 250 Å². The molecular formula is C100H120Br2Cl4I6N12O16. The minimum atomic E-state index is -0.792. The summed E-state index contributed by atoms with van der Waals surface area (Å²) in [6.07, 6.45) is -3.16. The highest BCUT2D eigenvalue weighted by Crippen LogP contribution is 2.42. The van der Waals surface area contributed by atoms with E-state index in [4.69, 9.17) is 84.3 Å². The van der Waals surface area contributed by atoms with Gasteiger partial charge in [-0.1, -0.05) is 177 Å². The first kappa shape index (κ1) is 118. The van der Waals surface area contributed by atoms with Crippen molar-refractivity contribution in [1.29, 1.82) is 0 Å². The van der Waals surface area contributed by atoms with Crippen LogP contribution in [0.2, 0.25) is 0 Å². The van der Waals surface area contributed by atoms with Gasteiger partial charge in [0, 0.05) is 68.9 Å². The van der Waals surface area contributed by atoms with E-state index in [1.807, 2.05) is 212 Å². The van der Waals surface area contributed by atoms with Gasteiger partial charge in [0.05, 0.1) is 118 Å². The molecule has 12 aromatic rings. The Morgan fingerprint density at radius 1 is 0.300 bits per heavy atom. The molecule has 140 heavy (non-hydrogen) atoms. The first-order valence-corrected chi connectivity index (χ1v) is 55.2. The van der Waals surface area contributed by atoms with Gasteiger partial charge >= 0.3 is 0 Å². The lowest BCUT2D eigenvalue weighted by molar-refractivity contribution is 0.0865. The molecule has 0 aliphatic rings. The fourth-order valence-electron chi connectivity index (χ4n) is 13.9. The van der Waals surface area contributed by atoms with Crippen LogP contribution in [0.5, 0.6) is 46.0 Å². The molecule has 0 radical (unpaired) electrons. The number of aliphatic hydroxyl groups excluding tert-OH is 8. The number of alkyl halides is 4. The van der Waals surface area contributed by atoms with Crippen LogP contribution >= 0.6 is 214 Å². The van der Waals surface area contributed by atoms with Crippen molar-refractivity contribution in [3.8, 4) is 46.0 Å². The molecule has 0 aliphatic carbocycles. The van der Waals surface area contributed by atoms with E-state index in [0.717, 1.165) is 72.5 Å². The van der Waals surface area contributed by atoms with E-state index in [9.17, 15) is 40.9 Å². The summed E-state index contributed by atoms with van der Waals surface area (Å²) in [7, 11) is 0. The van der Waals surface area contributed by atoms with Gasteiger partial charge in [-0.3, -0.25) is 0 Å². The summed E-state index contributed by atoms with van der Waals surface area (Å²) in [5, 5.41) is 111. The summed E-state index contributed by atoms with van der Waals surface area (Å²) in [5.74, 6) is 9.46. The van der Waals surface area contributed by atoms with Crippen LogP contribution in [0.15, 0.2) is 179 Å². The van der Waals surface area contributed by atoms with E-state index in [1.165, 1.54) is 29.9 Å². The molecule has 4 aromatic heterocycles. The second-order valence-electron chi connectivity index (χ2n) is 36.0. The topological polar surface area (TPSA) is 359 Å². The number of ether oxygens (including phenoxy) is 8. The van der Waals surface area contributed by atoms with E-state index in [0.29, 0.717) is 122 Å². The molecule has 0 fully saturated rings. The zero-order chi connectivity index (χ0) is 102. The number of nitrogens with zero attached hydrogens (tertiary/aromatic N) is 12. The third-order valence-electron chi connectivity index (χ3n) is 23.1. The Labute approximate surface area is 937 Å². The van der Waals surface area contributed by atoms with Gasteiger partial charge in [-0.15, -0.1) is 66.8 Å². The van der Waals surface area contributed by atoms with Gasteiger partial charge in [-0.05, 0) is 309 Å². The van der Waals surface area contributed by atoms with Gasteiger partial charge in [0.25, 0.3) is 0 Å². The Morgan fingerprint density at radius 2 is 0.493 bits per heavy atom. The fraction of sp³-hybridized carbons (Fsp3) is 0.440. The van der Waals surface area contributed by atoms with Crippen LogP contribution in [0.25, 0.3) is 0 Å². The Morgan fingerprint density at radius 3 is 0.686 bits per heavy atom. The van der Waals surface area contributed by atoms with E-state index < -0.39 is 24.4 Å². The van der Waals surface area contributed by atoms with Gasteiger partial charge < -0.3 is 78.7 Å². The number of halogens is 12. The van der Waals surface area contributed by atoms with Crippen molar-refractivity contribution in [2.24, 2.45) is 23.7 Å². The van der Waals surface area contributed by atoms with Gasteiger partial charge in [-0.25, -0.2) is 18.7 Å². The van der Waals surface area contributed by atoms with Crippen LogP contribution in [0.1, 0.15) is 150 Å². The van der Waals surface area contributed by atoms with Gasteiger partial charge in [0.2, 0.25) is 0 Å². The molecule has 0 bridgehead atoms.